The van der Waals surface area contributed by atoms with Crippen molar-refractivity contribution in [3.63, 3.8) is 0 Å². The zero-order valence-corrected chi connectivity index (χ0v) is 55.1. The topological polar surface area (TPSA) is 407 Å². The van der Waals surface area contributed by atoms with Crippen LogP contribution in [0.25, 0.3) is 0 Å². The van der Waals surface area contributed by atoms with Crippen LogP contribution in [0.15, 0.2) is 147 Å². The Kier molecular flexibility index (Phi) is 18.2. The van der Waals surface area contributed by atoms with E-state index in [1.807, 2.05) is 0 Å². The lowest BCUT2D eigenvalue weighted by Crippen LogP contribution is -2.46. The van der Waals surface area contributed by atoms with Gasteiger partial charge in [0.25, 0.3) is 34.4 Å². The number of pyridine rings is 6. The van der Waals surface area contributed by atoms with Gasteiger partial charge in [0.05, 0.1) is 36.6 Å². The maximum atomic E-state index is 13.4. The van der Waals surface area contributed by atoms with E-state index in [2.05, 4.69) is 103 Å². The van der Waals surface area contributed by atoms with Gasteiger partial charge < -0.3 is 48.3 Å². The van der Waals surface area contributed by atoms with Crippen molar-refractivity contribution in [3.8, 4) is 0 Å². The molecule has 0 saturated heterocycles. The van der Waals surface area contributed by atoms with Crippen molar-refractivity contribution in [1.29, 1.82) is 0 Å². The van der Waals surface area contributed by atoms with E-state index >= 15 is 0 Å². The second-order valence-corrected chi connectivity index (χ2v) is 25.4. The number of amides is 6. The molecule has 15 rings (SSSR count). The van der Waals surface area contributed by atoms with E-state index in [-0.39, 0.29) is 96.2 Å². The summed E-state index contributed by atoms with van der Waals surface area (Å²) in [5.74, 6) is 0.784. The number of nitrogens with two attached hydrogens (primary N) is 1. The summed E-state index contributed by atoms with van der Waals surface area (Å²) in [6.45, 7) is 5.08. The van der Waals surface area contributed by atoms with Crippen LogP contribution in [0.3, 0.4) is 0 Å². The molecule has 34 heteroatoms. The summed E-state index contributed by atoms with van der Waals surface area (Å²) in [7, 11) is 0. The summed E-state index contributed by atoms with van der Waals surface area (Å²) < 4.78 is 4.22. The molecule has 0 spiro atoms. The summed E-state index contributed by atoms with van der Waals surface area (Å²) in [6.07, 6.45) is 14.1. The third-order valence-electron chi connectivity index (χ3n) is 16.1. The van der Waals surface area contributed by atoms with E-state index in [4.69, 9.17) is 40.5 Å². The van der Waals surface area contributed by atoms with E-state index in [1.54, 1.807) is 100 Å². The molecule has 3 atom stereocenters. The van der Waals surface area contributed by atoms with Gasteiger partial charge in [-0.25, -0.2) is 29.9 Å². The molecule has 3 fully saturated rings. The van der Waals surface area contributed by atoms with Gasteiger partial charge in [-0.15, -0.1) is 0 Å². The van der Waals surface area contributed by atoms with Gasteiger partial charge in [-0.2, -0.15) is 0 Å². The molecule has 494 valence electrons. The van der Waals surface area contributed by atoms with E-state index in [0.717, 1.165) is 38.5 Å². The molecule has 3 aliphatic carbocycles. The molecule has 9 aromatic rings. The number of hydrogen-bond acceptors (Lipinski definition) is 21. The van der Waals surface area contributed by atoms with Crippen LogP contribution < -0.4 is 64.9 Å². The lowest BCUT2D eigenvalue weighted by atomic mass is 10.1. The van der Waals surface area contributed by atoms with Gasteiger partial charge in [0.1, 0.15) is 82.3 Å². The molecule has 10 N–H and O–H groups in total. The highest BCUT2D eigenvalue weighted by atomic mass is 79.9. The standard InChI is InChI=1S/2C21H18ClN7O3.C13H9BrClN3O2.C8H10N4O/c2*1-21(14-4-2-3-7-23-14)28-19(31)17-12(22)8-13(20(32)29(17)21)26-15-9-16(25-10-24-15)27-18(30)11-5-6-11;1-13(9-4-2-3-5-16-9)17-11(19)10-8(15)6-7(14)12(20)18(10)13;9-6-3-7(11-4-10-6)12-8(13)5-1-2-5/h2*2-4,7-11H,5-6H2,1H3,(H,28,31)(H2,24,25,26,27,30);2-6H,1H3,(H,17,19);3-5H,1-2H2,(H3,9,10,11,12,13). The zero-order valence-electron chi connectivity index (χ0n) is 51.2. The number of halogens is 4. The Bertz CT molecular complexity index is 4670. The average molecular weight is 1440 g/mol. The third kappa shape index (κ3) is 13.7. The second-order valence-electron chi connectivity index (χ2n) is 23.3. The van der Waals surface area contributed by atoms with Crippen molar-refractivity contribution in [2.45, 2.75) is 76.3 Å². The number of nitrogens with zero attached hydrogens (tertiary/aromatic N) is 12. The number of hydrogen-bond donors (Lipinski definition) is 9. The van der Waals surface area contributed by atoms with Crippen molar-refractivity contribution < 1.29 is 28.8 Å². The highest BCUT2D eigenvalue weighted by Crippen LogP contribution is 2.37. The Morgan fingerprint density at radius 1 is 0.454 bits per heavy atom. The number of aromatic nitrogens is 12. The molecule has 3 aliphatic heterocycles. The SMILES string of the molecule is CC1(c2ccccn2)NC(=O)c2c(Cl)cc(Br)c(=O)n21.CC1(c2ccccn2)NC(=O)c2c(Cl)cc(Nc3cc(NC(=O)C4CC4)ncn3)c(=O)n21.CC1(c2ccccn2)NC(=O)c2c(Cl)cc(Nc3cc(NC(=O)C4CC4)ncn3)c(=O)n21.Nc1cc(NC(=O)C2CC2)ncn1. The summed E-state index contributed by atoms with van der Waals surface area (Å²) >= 11 is 22.0. The van der Waals surface area contributed by atoms with Crippen LogP contribution in [0.2, 0.25) is 15.1 Å². The normalized spacial score (nSPS) is 19.0. The summed E-state index contributed by atoms with van der Waals surface area (Å²) in [5.41, 5.74) is 2.60. The van der Waals surface area contributed by atoms with Gasteiger partial charge in [-0.3, -0.25) is 71.8 Å². The zero-order chi connectivity index (χ0) is 68.7. The molecule has 6 aliphatic rings. The van der Waals surface area contributed by atoms with E-state index in [9.17, 15) is 43.2 Å². The number of carbonyl (C=O) groups excluding carboxylic acids is 6. The predicted molar refractivity (Wildman–Crippen MR) is 359 cm³/mol. The fourth-order valence-corrected chi connectivity index (χ4v) is 12.1. The Hall–Kier alpha value is -10.9. The minimum Gasteiger partial charge on any atom is -0.384 e. The Balaban J connectivity index is 0.000000130. The number of carbonyl (C=O) groups is 6. The van der Waals surface area contributed by atoms with Gasteiger partial charge >= 0.3 is 0 Å². The lowest BCUT2D eigenvalue weighted by Gasteiger charge is -2.26. The number of nitrogen functional groups attached to an aromatic ring is 1. The first-order valence-corrected chi connectivity index (χ1v) is 31.8. The molecular weight excluding hydrogens is 1380 g/mol. The predicted octanol–water partition coefficient (Wildman–Crippen LogP) is 7.02. The van der Waals surface area contributed by atoms with Crippen LogP contribution in [-0.4, -0.2) is 94.0 Å². The average Bonchev–Trinajstić information content (AvgIpc) is 1.61. The number of fused-ring (bicyclic) bond motifs is 3. The largest absolute Gasteiger partial charge is 0.384 e. The molecular formula is C63H55BrCl3N21O9. The minimum atomic E-state index is -1.22. The van der Waals surface area contributed by atoms with Crippen LogP contribution >= 0.6 is 50.7 Å². The van der Waals surface area contributed by atoms with Crippen LogP contribution in [-0.2, 0) is 31.4 Å². The van der Waals surface area contributed by atoms with Crippen LogP contribution in [0.4, 0.5) is 46.3 Å². The first-order chi connectivity index (χ1) is 46.4. The van der Waals surface area contributed by atoms with Gasteiger partial charge in [0.15, 0.2) is 17.0 Å². The molecule has 0 aromatic carbocycles. The van der Waals surface area contributed by atoms with Crippen molar-refractivity contribution in [3.05, 3.63) is 213 Å². The maximum absolute atomic E-state index is 13.4. The summed E-state index contributed by atoms with van der Waals surface area (Å²) in [6, 6.07) is 24.5. The van der Waals surface area contributed by atoms with Crippen LogP contribution in [0, 0.1) is 17.8 Å². The molecule has 0 radical (unpaired) electrons. The number of nitrogens with one attached hydrogen (secondary N) is 8. The lowest BCUT2D eigenvalue weighted by molar-refractivity contribution is -0.118. The first-order valence-electron chi connectivity index (χ1n) is 29.9. The van der Waals surface area contributed by atoms with Gasteiger partial charge in [-0.1, -0.05) is 53.0 Å². The molecule has 97 heavy (non-hydrogen) atoms. The monoisotopic (exact) mass is 1430 g/mol. The Labute approximate surface area is 572 Å². The van der Waals surface area contributed by atoms with Gasteiger partial charge in [-0.05, 0) is 130 Å². The highest BCUT2D eigenvalue weighted by molar-refractivity contribution is 9.10. The van der Waals surface area contributed by atoms with Crippen molar-refractivity contribution >= 4 is 132 Å². The van der Waals surface area contributed by atoms with E-state index in [0.29, 0.717) is 44.8 Å². The van der Waals surface area contributed by atoms with Crippen LogP contribution in [0.5, 0.6) is 0 Å². The summed E-state index contributed by atoms with van der Waals surface area (Å²) in [4.78, 5) is 149. The Morgan fingerprint density at radius 3 is 1.10 bits per heavy atom. The van der Waals surface area contributed by atoms with Crippen LogP contribution in [0.1, 0.15) is 108 Å². The third-order valence-corrected chi connectivity index (χ3v) is 17.5. The highest BCUT2D eigenvalue weighted by Gasteiger charge is 2.47. The number of anilines is 8. The van der Waals surface area contributed by atoms with Crippen molar-refractivity contribution in [2.24, 2.45) is 17.8 Å². The van der Waals surface area contributed by atoms with Crippen molar-refractivity contribution in [1.82, 2.24) is 74.5 Å². The molecule has 30 nitrogen and oxygen atoms in total. The molecule has 6 amide bonds. The van der Waals surface area contributed by atoms with E-state index in [1.165, 1.54) is 63.0 Å². The number of rotatable bonds is 13. The van der Waals surface area contributed by atoms with Crippen molar-refractivity contribution in [2.75, 3.05) is 32.3 Å². The fourth-order valence-electron chi connectivity index (χ4n) is 10.7. The second kappa shape index (κ2) is 26.7. The van der Waals surface area contributed by atoms with Gasteiger partial charge in [0.2, 0.25) is 17.7 Å². The molecule has 9 aromatic heterocycles. The molecule has 3 unspecified atom stereocenters. The quantitative estimate of drug-likeness (QED) is 0.0560. The smallest absolute Gasteiger partial charge is 0.277 e. The Morgan fingerprint density at radius 2 is 0.773 bits per heavy atom. The minimum absolute atomic E-state index is 0.0239. The molecule has 0 bridgehead atoms. The maximum Gasteiger partial charge on any atom is 0.277 e. The molecule has 12 heterocycles. The molecule has 3 saturated carbocycles. The van der Waals surface area contributed by atoms with E-state index < -0.39 is 45.8 Å². The first kappa shape index (κ1) is 66.1. The summed E-state index contributed by atoms with van der Waals surface area (Å²) in [5, 5.41) is 22.8. The fraction of sp³-hybridized carbons (Fsp3) is 0.238. The van der Waals surface area contributed by atoms with Gasteiger partial charge in [0, 0.05) is 54.5 Å².